The van der Waals surface area contributed by atoms with Gasteiger partial charge in [0.2, 0.25) is 0 Å². The van der Waals surface area contributed by atoms with Crippen LogP contribution in [0.25, 0.3) is 0 Å². The summed E-state index contributed by atoms with van der Waals surface area (Å²) in [6.45, 7) is 9.20. The second kappa shape index (κ2) is 20.0. The first-order valence-electron chi connectivity index (χ1n) is 22.7. The first-order chi connectivity index (χ1) is 25.0. The standard InChI is InChI=1S/C48H76N2O/c1-5-9-11-35-13-21-39(22-14-35)41-25-17-37(18-26-41)29-43-31-45(33-49-47(43)7-3)51-46-32-44(48(8-4)50-34-46)30-38-19-27-42(28-20-38)40-23-15-36(16-24-40)12-10-6-2/h31-42H,5-30H2,1-4H3. The van der Waals surface area contributed by atoms with E-state index in [0.717, 1.165) is 84.5 Å². The van der Waals surface area contributed by atoms with Gasteiger partial charge in [0, 0.05) is 11.4 Å². The Hall–Kier alpha value is -1.90. The number of nitrogens with zero attached hydrogens (tertiary/aromatic N) is 2. The summed E-state index contributed by atoms with van der Waals surface area (Å²) in [5, 5.41) is 0. The fourth-order valence-corrected chi connectivity index (χ4v) is 11.5. The van der Waals surface area contributed by atoms with Gasteiger partial charge in [-0.25, -0.2) is 0 Å². The Balaban J connectivity index is 0.990. The topological polar surface area (TPSA) is 35.0 Å². The predicted molar refractivity (Wildman–Crippen MR) is 216 cm³/mol. The Morgan fingerprint density at radius 1 is 0.471 bits per heavy atom. The third-order valence-corrected chi connectivity index (χ3v) is 14.8. The molecule has 284 valence electrons. The average molecular weight is 697 g/mol. The molecule has 0 spiro atoms. The Labute approximate surface area is 314 Å². The van der Waals surface area contributed by atoms with Crippen molar-refractivity contribution < 1.29 is 4.74 Å². The van der Waals surface area contributed by atoms with Gasteiger partial charge in [0.15, 0.2) is 0 Å². The van der Waals surface area contributed by atoms with E-state index in [9.17, 15) is 0 Å². The van der Waals surface area contributed by atoms with Crippen molar-refractivity contribution in [2.75, 3.05) is 0 Å². The van der Waals surface area contributed by atoms with Crippen molar-refractivity contribution in [3.63, 3.8) is 0 Å². The first-order valence-corrected chi connectivity index (χ1v) is 22.7. The molecule has 4 saturated carbocycles. The molecule has 0 aliphatic heterocycles. The van der Waals surface area contributed by atoms with Crippen LogP contribution in [0.3, 0.4) is 0 Å². The number of ether oxygens (including phenoxy) is 1. The number of hydrogen-bond acceptors (Lipinski definition) is 3. The predicted octanol–water partition coefficient (Wildman–Crippen LogP) is 14.1. The van der Waals surface area contributed by atoms with Gasteiger partial charge in [0.1, 0.15) is 11.5 Å². The summed E-state index contributed by atoms with van der Waals surface area (Å²) >= 11 is 0. The zero-order chi connectivity index (χ0) is 35.4. The summed E-state index contributed by atoms with van der Waals surface area (Å²) in [5.41, 5.74) is 5.35. The van der Waals surface area contributed by atoms with Crippen molar-refractivity contribution >= 4 is 0 Å². The molecule has 0 atom stereocenters. The molecule has 4 aliphatic carbocycles. The number of aromatic nitrogens is 2. The molecule has 0 aromatic carbocycles. The molecule has 0 bridgehead atoms. The monoisotopic (exact) mass is 697 g/mol. The molecule has 3 nitrogen and oxygen atoms in total. The van der Waals surface area contributed by atoms with Crippen LogP contribution in [0.1, 0.15) is 191 Å². The van der Waals surface area contributed by atoms with Crippen LogP contribution >= 0.6 is 0 Å². The van der Waals surface area contributed by atoms with Crippen LogP contribution in [0, 0.1) is 47.3 Å². The molecule has 4 aliphatic rings. The third kappa shape index (κ3) is 11.1. The van der Waals surface area contributed by atoms with Gasteiger partial charge in [-0.05, 0) is 173 Å². The summed E-state index contributed by atoms with van der Waals surface area (Å²) in [6.07, 6.45) is 40.1. The van der Waals surface area contributed by atoms with E-state index in [4.69, 9.17) is 14.7 Å². The van der Waals surface area contributed by atoms with Gasteiger partial charge in [-0.2, -0.15) is 0 Å². The fraction of sp³-hybridized carbons (Fsp3) is 0.792. The van der Waals surface area contributed by atoms with Crippen LogP contribution in [0.2, 0.25) is 0 Å². The van der Waals surface area contributed by atoms with Gasteiger partial charge in [-0.1, -0.05) is 91.9 Å². The molecule has 0 N–H and O–H groups in total. The van der Waals surface area contributed by atoms with Gasteiger partial charge < -0.3 is 4.74 Å². The van der Waals surface area contributed by atoms with Gasteiger partial charge >= 0.3 is 0 Å². The van der Waals surface area contributed by atoms with Crippen LogP contribution in [0.4, 0.5) is 0 Å². The lowest BCUT2D eigenvalue weighted by atomic mass is 9.68. The zero-order valence-electron chi connectivity index (χ0n) is 33.6. The number of pyridine rings is 2. The maximum atomic E-state index is 6.57. The molecule has 0 unspecified atom stereocenters. The summed E-state index contributed by atoms with van der Waals surface area (Å²) in [5.74, 6) is 9.38. The molecule has 0 amide bonds. The van der Waals surface area contributed by atoms with Crippen LogP contribution in [-0.4, -0.2) is 9.97 Å². The van der Waals surface area contributed by atoms with E-state index >= 15 is 0 Å². The fourth-order valence-electron chi connectivity index (χ4n) is 11.5. The molecule has 2 heterocycles. The number of hydrogen-bond donors (Lipinski definition) is 0. The van der Waals surface area contributed by atoms with E-state index in [1.807, 2.05) is 12.4 Å². The molecule has 0 saturated heterocycles. The van der Waals surface area contributed by atoms with Crippen molar-refractivity contribution in [2.45, 2.75) is 195 Å². The summed E-state index contributed by atoms with van der Waals surface area (Å²) < 4.78 is 6.57. The van der Waals surface area contributed by atoms with Crippen molar-refractivity contribution in [2.24, 2.45) is 47.3 Å². The lowest BCUT2D eigenvalue weighted by molar-refractivity contribution is 0.143. The van der Waals surface area contributed by atoms with E-state index in [1.165, 1.54) is 164 Å². The second-order valence-electron chi connectivity index (χ2n) is 18.2. The van der Waals surface area contributed by atoms with Gasteiger partial charge in [-0.3, -0.25) is 9.97 Å². The largest absolute Gasteiger partial charge is 0.454 e. The summed E-state index contributed by atoms with van der Waals surface area (Å²) in [6, 6.07) is 4.64. The Morgan fingerprint density at radius 3 is 1.12 bits per heavy atom. The third-order valence-electron chi connectivity index (χ3n) is 14.8. The van der Waals surface area contributed by atoms with E-state index in [-0.39, 0.29) is 0 Å². The second-order valence-corrected chi connectivity index (χ2v) is 18.2. The molecular weight excluding hydrogens is 621 g/mol. The van der Waals surface area contributed by atoms with E-state index in [0.29, 0.717) is 0 Å². The Bertz CT molecular complexity index is 1190. The van der Waals surface area contributed by atoms with Crippen LogP contribution < -0.4 is 4.74 Å². The zero-order valence-corrected chi connectivity index (χ0v) is 33.6. The van der Waals surface area contributed by atoms with E-state index < -0.39 is 0 Å². The maximum Gasteiger partial charge on any atom is 0.146 e. The minimum absolute atomic E-state index is 0.789. The Morgan fingerprint density at radius 2 is 0.804 bits per heavy atom. The van der Waals surface area contributed by atoms with Crippen LogP contribution in [0.15, 0.2) is 24.5 Å². The van der Waals surface area contributed by atoms with Crippen LogP contribution in [0.5, 0.6) is 11.5 Å². The highest BCUT2D eigenvalue weighted by atomic mass is 16.5. The summed E-state index contributed by atoms with van der Waals surface area (Å²) in [4.78, 5) is 9.88. The quantitative estimate of drug-likeness (QED) is 0.175. The molecular formula is C48H76N2O. The smallest absolute Gasteiger partial charge is 0.146 e. The highest BCUT2D eigenvalue weighted by molar-refractivity contribution is 5.36. The van der Waals surface area contributed by atoms with Gasteiger partial charge in [0.25, 0.3) is 0 Å². The van der Waals surface area contributed by atoms with E-state index in [1.54, 1.807) is 0 Å². The first kappa shape index (κ1) is 38.8. The maximum absolute atomic E-state index is 6.57. The lowest BCUT2D eigenvalue weighted by Crippen LogP contribution is -2.26. The normalized spacial score (nSPS) is 30.3. The minimum atomic E-state index is 0.789. The number of unbranched alkanes of at least 4 members (excludes halogenated alkanes) is 2. The SMILES string of the molecule is CCCCC1CCC(C2CCC(Cc3cc(Oc4cnc(CC)c(CC5CCC(C6CCC(CCCC)CC6)CC5)c4)cnc3CC)CC2)CC1. The molecule has 0 radical (unpaired) electrons. The van der Waals surface area contributed by atoms with Gasteiger partial charge in [-0.15, -0.1) is 0 Å². The van der Waals surface area contributed by atoms with Crippen molar-refractivity contribution in [3.05, 3.63) is 47.0 Å². The molecule has 6 rings (SSSR count). The van der Waals surface area contributed by atoms with Gasteiger partial charge in [0.05, 0.1) is 12.4 Å². The molecule has 51 heavy (non-hydrogen) atoms. The van der Waals surface area contributed by atoms with Crippen molar-refractivity contribution in [1.29, 1.82) is 0 Å². The Kier molecular flexibility index (Phi) is 15.2. The molecule has 2 aromatic rings. The highest BCUT2D eigenvalue weighted by Gasteiger charge is 2.32. The van der Waals surface area contributed by atoms with Crippen molar-refractivity contribution in [3.8, 4) is 11.5 Å². The molecule has 2 aromatic heterocycles. The molecule has 3 heteroatoms. The molecule has 4 fully saturated rings. The minimum Gasteiger partial charge on any atom is -0.454 e. The van der Waals surface area contributed by atoms with E-state index in [2.05, 4.69) is 39.8 Å². The number of aryl methyl sites for hydroxylation is 2. The van der Waals surface area contributed by atoms with Crippen LogP contribution in [-0.2, 0) is 25.7 Å². The lowest BCUT2D eigenvalue weighted by Gasteiger charge is -2.38. The average Bonchev–Trinajstić information content (AvgIpc) is 3.17. The van der Waals surface area contributed by atoms with Crippen molar-refractivity contribution in [1.82, 2.24) is 9.97 Å². The number of rotatable bonds is 16. The highest BCUT2D eigenvalue weighted by Crippen LogP contribution is 2.45. The summed E-state index contributed by atoms with van der Waals surface area (Å²) in [7, 11) is 0.